The maximum Gasteiger partial charge on any atom is 0.261 e. The number of nitrogens with zero attached hydrogens (tertiary/aromatic N) is 4. The fraction of sp³-hybridized carbons (Fsp3) is 0.308. The van der Waals surface area contributed by atoms with Gasteiger partial charge in [0.25, 0.3) is 8.32 Å². The van der Waals surface area contributed by atoms with E-state index in [1.54, 1.807) is 0 Å². The first-order valence-corrected chi connectivity index (χ1v) is 13.9. The number of azide groups is 1. The highest BCUT2D eigenvalue weighted by Crippen LogP contribution is 2.39. The molecular formula is C26H29BrN4OSi. The monoisotopic (exact) mass is 520 g/mol. The molecule has 0 saturated carbocycles. The molecule has 33 heavy (non-hydrogen) atoms. The fourth-order valence-electron chi connectivity index (χ4n) is 4.87. The summed E-state index contributed by atoms with van der Waals surface area (Å²) in [5.74, 6) is 0. The first kappa shape index (κ1) is 23.6. The van der Waals surface area contributed by atoms with E-state index < -0.39 is 8.32 Å². The molecule has 0 radical (unpaired) electrons. The van der Waals surface area contributed by atoms with Crippen LogP contribution in [0.1, 0.15) is 20.8 Å². The molecule has 0 spiro atoms. The number of benzene rings is 3. The predicted molar refractivity (Wildman–Crippen MR) is 142 cm³/mol. The molecule has 1 aliphatic heterocycles. The van der Waals surface area contributed by atoms with Crippen LogP contribution in [0.25, 0.3) is 10.4 Å². The van der Waals surface area contributed by atoms with Gasteiger partial charge in [-0.15, -0.1) is 0 Å². The van der Waals surface area contributed by atoms with Crippen LogP contribution < -0.4 is 15.3 Å². The highest BCUT2D eigenvalue weighted by molar-refractivity contribution is 9.10. The Bertz CT molecular complexity index is 1090. The maximum atomic E-state index is 9.33. The highest BCUT2D eigenvalue weighted by Gasteiger charge is 2.53. The molecule has 1 fully saturated rings. The van der Waals surface area contributed by atoms with E-state index in [-0.39, 0.29) is 17.2 Å². The van der Waals surface area contributed by atoms with Gasteiger partial charge in [0.05, 0.1) is 17.8 Å². The van der Waals surface area contributed by atoms with E-state index in [0.717, 1.165) is 10.2 Å². The first-order chi connectivity index (χ1) is 15.9. The number of halogens is 1. The Morgan fingerprint density at radius 2 is 1.45 bits per heavy atom. The van der Waals surface area contributed by atoms with Crippen LogP contribution in [-0.4, -0.2) is 33.6 Å². The molecule has 170 valence electrons. The van der Waals surface area contributed by atoms with Crippen molar-refractivity contribution >= 4 is 40.3 Å². The average molecular weight is 522 g/mol. The van der Waals surface area contributed by atoms with Gasteiger partial charge in [0.15, 0.2) is 0 Å². The zero-order valence-corrected chi connectivity index (χ0v) is 21.8. The Kier molecular flexibility index (Phi) is 6.96. The van der Waals surface area contributed by atoms with Crippen molar-refractivity contribution in [2.24, 2.45) is 5.11 Å². The molecule has 0 unspecified atom stereocenters. The Morgan fingerprint density at radius 1 is 0.909 bits per heavy atom. The SMILES string of the molecule is CC(C)(C)[Si](O[C@H]1CN(c2ccccc2Br)C[C@@H]1N=[N+]=[N-])(c1ccccc1)c1ccccc1. The van der Waals surface area contributed by atoms with Gasteiger partial charge in [-0.3, -0.25) is 0 Å². The predicted octanol–water partition coefficient (Wildman–Crippen LogP) is 5.89. The standard InChI is InChI=1S/C26H29BrN4OSi/c1-26(2,3)33(20-12-6-4-7-13-20,21-14-8-5-9-15-21)32-25-19-31(18-23(25)29-30-28)24-17-11-10-16-22(24)27/h4-17,23,25H,18-19H2,1-3H3/t23-,25-/m0/s1. The molecule has 2 atom stereocenters. The second kappa shape index (κ2) is 9.73. The van der Waals surface area contributed by atoms with Crippen LogP contribution in [0, 0.1) is 0 Å². The minimum atomic E-state index is -2.75. The van der Waals surface area contributed by atoms with Crippen LogP contribution in [0.5, 0.6) is 0 Å². The molecule has 3 aromatic carbocycles. The molecule has 0 amide bonds. The van der Waals surface area contributed by atoms with Crippen molar-refractivity contribution < 1.29 is 4.43 Å². The van der Waals surface area contributed by atoms with Gasteiger partial charge in [0.1, 0.15) is 0 Å². The second-order valence-corrected chi connectivity index (χ2v) is 14.6. The molecule has 5 nitrogen and oxygen atoms in total. The minimum Gasteiger partial charge on any atom is -0.402 e. The topological polar surface area (TPSA) is 61.2 Å². The molecular weight excluding hydrogens is 492 g/mol. The number of para-hydroxylation sites is 1. The van der Waals surface area contributed by atoms with Crippen molar-refractivity contribution in [3.05, 3.63) is 99.8 Å². The molecule has 1 aliphatic rings. The highest BCUT2D eigenvalue weighted by atomic mass is 79.9. The summed E-state index contributed by atoms with van der Waals surface area (Å²) in [5, 5.41) is 6.49. The van der Waals surface area contributed by atoms with E-state index in [1.165, 1.54) is 10.4 Å². The van der Waals surface area contributed by atoms with Crippen LogP contribution in [0.3, 0.4) is 0 Å². The summed E-state index contributed by atoms with van der Waals surface area (Å²) >= 11 is 3.67. The molecule has 7 heteroatoms. The van der Waals surface area contributed by atoms with Gasteiger partial charge < -0.3 is 9.33 Å². The number of anilines is 1. The Labute approximate surface area is 205 Å². The van der Waals surface area contributed by atoms with Crippen molar-refractivity contribution in [2.45, 2.75) is 38.0 Å². The summed E-state index contributed by atoms with van der Waals surface area (Å²) in [5.41, 5.74) is 10.4. The van der Waals surface area contributed by atoms with E-state index in [1.807, 2.05) is 30.3 Å². The van der Waals surface area contributed by atoms with Gasteiger partial charge in [-0.25, -0.2) is 0 Å². The number of hydrogen-bond acceptors (Lipinski definition) is 3. The van der Waals surface area contributed by atoms with Crippen LogP contribution in [0.4, 0.5) is 5.69 Å². The molecule has 1 saturated heterocycles. The van der Waals surface area contributed by atoms with Gasteiger partial charge in [-0.2, -0.15) is 0 Å². The van der Waals surface area contributed by atoms with Gasteiger partial charge in [-0.05, 0) is 49.0 Å². The quantitative estimate of drug-likeness (QED) is 0.176. The first-order valence-electron chi connectivity index (χ1n) is 11.2. The summed E-state index contributed by atoms with van der Waals surface area (Å²) < 4.78 is 8.33. The van der Waals surface area contributed by atoms with E-state index in [2.05, 4.69) is 106 Å². The second-order valence-electron chi connectivity index (χ2n) is 9.45. The third-order valence-corrected chi connectivity index (χ3v) is 12.1. The zero-order chi connectivity index (χ0) is 23.5. The lowest BCUT2D eigenvalue weighted by Gasteiger charge is -2.45. The van der Waals surface area contributed by atoms with Crippen LogP contribution in [0.2, 0.25) is 5.04 Å². The van der Waals surface area contributed by atoms with E-state index in [9.17, 15) is 5.53 Å². The molecule has 0 aromatic heterocycles. The van der Waals surface area contributed by atoms with Crippen molar-refractivity contribution in [2.75, 3.05) is 18.0 Å². The third-order valence-electron chi connectivity index (χ3n) is 6.38. The maximum absolute atomic E-state index is 9.33. The Hall–Kier alpha value is -2.57. The lowest BCUT2D eigenvalue weighted by molar-refractivity contribution is 0.192. The summed E-state index contributed by atoms with van der Waals surface area (Å²) in [6, 6.07) is 29.1. The van der Waals surface area contributed by atoms with Gasteiger partial charge in [0, 0.05) is 22.5 Å². The van der Waals surface area contributed by atoms with Gasteiger partial charge >= 0.3 is 0 Å². The summed E-state index contributed by atoms with van der Waals surface area (Å²) in [7, 11) is -2.75. The van der Waals surface area contributed by atoms with Crippen LogP contribution in [0.15, 0.2) is 94.5 Å². The largest absolute Gasteiger partial charge is 0.402 e. The molecule has 1 heterocycles. The van der Waals surface area contributed by atoms with E-state index >= 15 is 0 Å². The summed E-state index contributed by atoms with van der Waals surface area (Å²) in [6.07, 6.45) is -0.223. The van der Waals surface area contributed by atoms with Crippen molar-refractivity contribution in [3.8, 4) is 0 Å². The van der Waals surface area contributed by atoms with E-state index in [0.29, 0.717) is 13.1 Å². The fourth-order valence-corrected chi connectivity index (χ4v) is 10.1. The average Bonchev–Trinajstić information content (AvgIpc) is 3.20. The van der Waals surface area contributed by atoms with Crippen molar-refractivity contribution in [3.63, 3.8) is 0 Å². The molecule has 0 N–H and O–H groups in total. The van der Waals surface area contributed by atoms with Crippen LogP contribution >= 0.6 is 15.9 Å². The normalized spacial score (nSPS) is 18.7. The lowest BCUT2D eigenvalue weighted by atomic mass is 10.2. The van der Waals surface area contributed by atoms with Crippen molar-refractivity contribution in [1.82, 2.24) is 0 Å². The van der Waals surface area contributed by atoms with Gasteiger partial charge in [0.2, 0.25) is 0 Å². The van der Waals surface area contributed by atoms with E-state index in [4.69, 9.17) is 4.43 Å². The van der Waals surface area contributed by atoms with Crippen molar-refractivity contribution in [1.29, 1.82) is 0 Å². The van der Waals surface area contributed by atoms with Gasteiger partial charge in [-0.1, -0.05) is 98.7 Å². The number of hydrogen-bond donors (Lipinski definition) is 0. The Morgan fingerprint density at radius 3 is 1.97 bits per heavy atom. The summed E-state index contributed by atoms with van der Waals surface area (Å²) in [4.78, 5) is 5.43. The smallest absolute Gasteiger partial charge is 0.261 e. The zero-order valence-electron chi connectivity index (χ0n) is 19.2. The lowest BCUT2D eigenvalue weighted by Crippen LogP contribution is -2.68. The molecule has 4 rings (SSSR count). The minimum absolute atomic E-state index is 0.142. The number of rotatable bonds is 6. The molecule has 0 bridgehead atoms. The Balaban J connectivity index is 1.81. The molecule has 3 aromatic rings. The van der Waals surface area contributed by atoms with Crippen LogP contribution in [-0.2, 0) is 4.43 Å². The molecule has 0 aliphatic carbocycles. The summed E-state index contributed by atoms with van der Waals surface area (Å²) in [6.45, 7) is 8.08. The third kappa shape index (κ3) is 4.59.